The van der Waals surface area contributed by atoms with E-state index in [0.717, 1.165) is 38.5 Å². The quantitative estimate of drug-likeness (QED) is 0.648. The molecule has 2 aliphatic rings. The molecule has 0 spiro atoms. The van der Waals surface area contributed by atoms with Crippen molar-refractivity contribution in [1.29, 1.82) is 0 Å². The molecule has 146 valence electrons. The molecule has 1 saturated carbocycles. The zero-order chi connectivity index (χ0) is 19.4. The molecule has 27 heavy (non-hydrogen) atoms. The number of benzene rings is 1. The minimum Gasteiger partial charge on any atom is -0.353 e. The molecule has 7 heteroatoms. The van der Waals surface area contributed by atoms with Crippen LogP contribution in [-0.4, -0.2) is 40.8 Å². The summed E-state index contributed by atoms with van der Waals surface area (Å²) in [5.41, 5.74) is 0.782. The number of aryl methyl sites for hydroxylation is 1. The number of nitrogens with one attached hydrogen (secondary N) is 1. The van der Waals surface area contributed by atoms with Crippen molar-refractivity contribution in [1.82, 2.24) is 10.2 Å². The van der Waals surface area contributed by atoms with Gasteiger partial charge in [0.2, 0.25) is 5.91 Å². The standard InChI is InChI=1S/C20H27N3O4/c1-14-9-10-15(12-18(14)23(26)27)20(25)22-11-5-6-16(13-22)19(24)21-17-7-3-2-4-8-17/h9-10,12,16-17H,2-8,11,13H2,1H3,(H,21,24). The molecule has 1 aliphatic heterocycles. The molecule has 1 unspecified atom stereocenters. The Morgan fingerprint density at radius 2 is 1.89 bits per heavy atom. The number of piperidine rings is 1. The van der Waals surface area contributed by atoms with Crippen LogP contribution in [0.15, 0.2) is 18.2 Å². The first kappa shape index (κ1) is 19.3. The number of likely N-dealkylation sites (tertiary alicyclic amines) is 1. The normalized spacial score (nSPS) is 20.9. The van der Waals surface area contributed by atoms with Crippen molar-refractivity contribution in [3.05, 3.63) is 39.4 Å². The first-order valence-electron chi connectivity index (χ1n) is 9.80. The molecule has 3 rings (SSSR count). The van der Waals surface area contributed by atoms with Crippen LogP contribution in [0, 0.1) is 23.0 Å². The van der Waals surface area contributed by atoms with Gasteiger partial charge in [-0.3, -0.25) is 19.7 Å². The van der Waals surface area contributed by atoms with E-state index in [0.29, 0.717) is 24.2 Å². The van der Waals surface area contributed by atoms with E-state index >= 15 is 0 Å². The Hall–Kier alpha value is -2.44. The SMILES string of the molecule is Cc1ccc(C(=O)N2CCCC(C(=O)NC3CCCCC3)C2)cc1[N+](=O)[O-]. The van der Waals surface area contributed by atoms with Crippen molar-refractivity contribution in [2.24, 2.45) is 5.92 Å². The Kier molecular flexibility index (Phi) is 6.08. The minimum absolute atomic E-state index is 0.0364. The number of nitrogens with zero attached hydrogens (tertiary/aromatic N) is 2. The van der Waals surface area contributed by atoms with Gasteiger partial charge in [-0.15, -0.1) is 0 Å². The van der Waals surface area contributed by atoms with Gasteiger partial charge in [0.25, 0.3) is 11.6 Å². The Labute approximate surface area is 159 Å². The third-order valence-electron chi connectivity index (χ3n) is 5.68. The second kappa shape index (κ2) is 8.50. The zero-order valence-corrected chi connectivity index (χ0v) is 15.8. The summed E-state index contributed by atoms with van der Waals surface area (Å²) in [6, 6.07) is 4.82. The molecule has 0 bridgehead atoms. The van der Waals surface area contributed by atoms with Crippen LogP contribution in [0.1, 0.15) is 60.9 Å². The van der Waals surface area contributed by atoms with Crippen LogP contribution in [0.3, 0.4) is 0 Å². The van der Waals surface area contributed by atoms with Crippen molar-refractivity contribution in [2.45, 2.75) is 57.9 Å². The van der Waals surface area contributed by atoms with E-state index in [-0.39, 0.29) is 29.5 Å². The molecular weight excluding hydrogens is 346 g/mol. The van der Waals surface area contributed by atoms with Crippen LogP contribution in [0.5, 0.6) is 0 Å². The van der Waals surface area contributed by atoms with E-state index < -0.39 is 4.92 Å². The van der Waals surface area contributed by atoms with Gasteiger partial charge in [0.05, 0.1) is 10.8 Å². The van der Waals surface area contributed by atoms with Crippen LogP contribution < -0.4 is 5.32 Å². The van der Waals surface area contributed by atoms with Crippen LogP contribution >= 0.6 is 0 Å². The summed E-state index contributed by atoms with van der Waals surface area (Å²) in [7, 11) is 0. The van der Waals surface area contributed by atoms with Crippen molar-refractivity contribution in [3.8, 4) is 0 Å². The zero-order valence-electron chi connectivity index (χ0n) is 15.8. The maximum atomic E-state index is 12.8. The second-order valence-corrected chi connectivity index (χ2v) is 7.69. The van der Waals surface area contributed by atoms with E-state index in [1.54, 1.807) is 24.0 Å². The molecule has 1 aromatic rings. The fraction of sp³-hybridized carbons (Fsp3) is 0.600. The predicted octanol–water partition coefficient (Wildman–Crippen LogP) is 3.20. The van der Waals surface area contributed by atoms with Crippen LogP contribution in [0.4, 0.5) is 5.69 Å². The highest BCUT2D eigenvalue weighted by Crippen LogP contribution is 2.24. The van der Waals surface area contributed by atoms with Gasteiger partial charge in [-0.25, -0.2) is 0 Å². The summed E-state index contributed by atoms with van der Waals surface area (Å²) >= 11 is 0. The van der Waals surface area contributed by atoms with Crippen LogP contribution in [0.25, 0.3) is 0 Å². The maximum absolute atomic E-state index is 12.8. The molecule has 1 aliphatic carbocycles. The number of rotatable bonds is 4. The lowest BCUT2D eigenvalue weighted by molar-refractivity contribution is -0.385. The first-order chi connectivity index (χ1) is 13.0. The minimum atomic E-state index is -0.470. The fourth-order valence-electron chi connectivity index (χ4n) is 4.06. The molecule has 1 aromatic carbocycles. The van der Waals surface area contributed by atoms with E-state index in [2.05, 4.69) is 5.32 Å². The highest BCUT2D eigenvalue weighted by atomic mass is 16.6. The Bertz CT molecular complexity index is 728. The maximum Gasteiger partial charge on any atom is 0.273 e. The highest BCUT2D eigenvalue weighted by molar-refractivity contribution is 5.95. The molecule has 0 aromatic heterocycles. The average Bonchev–Trinajstić information content (AvgIpc) is 2.68. The topological polar surface area (TPSA) is 92.6 Å². The largest absolute Gasteiger partial charge is 0.353 e. The molecular formula is C20H27N3O4. The lowest BCUT2D eigenvalue weighted by Crippen LogP contribution is -2.47. The summed E-state index contributed by atoms with van der Waals surface area (Å²) in [4.78, 5) is 37.8. The second-order valence-electron chi connectivity index (χ2n) is 7.69. The van der Waals surface area contributed by atoms with E-state index in [1.807, 2.05) is 0 Å². The predicted molar refractivity (Wildman–Crippen MR) is 101 cm³/mol. The fourth-order valence-corrected chi connectivity index (χ4v) is 4.06. The van der Waals surface area contributed by atoms with Crippen LogP contribution in [-0.2, 0) is 4.79 Å². The molecule has 0 radical (unpaired) electrons. The van der Waals surface area contributed by atoms with Gasteiger partial charge < -0.3 is 10.2 Å². The lowest BCUT2D eigenvalue weighted by atomic mass is 9.92. The van der Waals surface area contributed by atoms with Crippen molar-refractivity contribution in [2.75, 3.05) is 13.1 Å². The van der Waals surface area contributed by atoms with Crippen LogP contribution in [0.2, 0.25) is 0 Å². The summed E-state index contributed by atoms with van der Waals surface area (Å²) in [5.74, 6) is -0.410. The average molecular weight is 373 g/mol. The molecule has 1 N–H and O–H groups in total. The summed E-state index contributed by atoms with van der Waals surface area (Å²) in [5, 5.41) is 14.3. The summed E-state index contributed by atoms with van der Waals surface area (Å²) < 4.78 is 0. The number of hydrogen-bond donors (Lipinski definition) is 1. The molecule has 1 atom stereocenters. The number of hydrogen-bond acceptors (Lipinski definition) is 4. The Balaban J connectivity index is 1.65. The van der Waals surface area contributed by atoms with Gasteiger partial charge in [-0.2, -0.15) is 0 Å². The molecule has 2 fully saturated rings. The smallest absolute Gasteiger partial charge is 0.273 e. The van der Waals surface area contributed by atoms with E-state index in [1.165, 1.54) is 12.5 Å². The molecule has 1 saturated heterocycles. The molecule has 1 heterocycles. The number of carbonyl (C=O) groups excluding carboxylic acids is 2. The van der Waals surface area contributed by atoms with E-state index in [4.69, 9.17) is 0 Å². The van der Waals surface area contributed by atoms with Gasteiger partial charge in [-0.1, -0.05) is 25.3 Å². The highest BCUT2D eigenvalue weighted by Gasteiger charge is 2.30. The van der Waals surface area contributed by atoms with Crippen molar-refractivity contribution >= 4 is 17.5 Å². The van der Waals surface area contributed by atoms with Gasteiger partial charge in [0.15, 0.2) is 0 Å². The van der Waals surface area contributed by atoms with Gasteiger partial charge >= 0.3 is 0 Å². The lowest BCUT2D eigenvalue weighted by Gasteiger charge is -2.33. The number of amides is 2. The van der Waals surface area contributed by atoms with Gasteiger partial charge in [0, 0.05) is 36.3 Å². The third kappa shape index (κ3) is 4.64. The van der Waals surface area contributed by atoms with Gasteiger partial charge in [-0.05, 0) is 38.7 Å². The summed E-state index contributed by atoms with van der Waals surface area (Å²) in [6.45, 7) is 2.60. The number of nitro groups is 1. The monoisotopic (exact) mass is 373 g/mol. The number of nitro benzene ring substituents is 1. The van der Waals surface area contributed by atoms with E-state index in [9.17, 15) is 19.7 Å². The summed E-state index contributed by atoms with van der Waals surface area (Å²) in [6.07, 6.45) is 7.17. The molecule has 7 nitrogen and oxygen atoms in total. The molecule has 2 amide bonds. The first-order valence-corrected chi connectivity index (χ1v) is 9.80. The van der Waals surface area contributed by atoms with Crippen molar-refractivity contribution < 1.29 is 14.5 Å². The number of carbonyl (C=O) groups is 2. The third-order valence-corrected chi connectivity index (χ3v) is 5.68. The van der Waals surface area contributed by atoms with Crippen molar-refractivity contribution in [3.63, 3.8) is 0 Å². The Morgan fingerprint density at radius 3 is 2.59 bits per heavy atom. The van der Waals surface area contributed by atoms with Gasteiger partial charge in [0.1, 0.15) is 0 Å². The Morgan fingerprint density at radius 1 is 1.15 bits per heavy atom.